The van der Waals surface area contributed by atoms with Gasteiger partial charge in [-0.1, -0.05) is 13.8 Å². The molecule has 1 aromatic rings. The van der Waals surface area contributed by atoms with E-state index in [0.717, 1.165) is 30.2 Å². The molecule has 0 bridgehead atoms. The fraction of sp³-hybridized carbons (Fsp3) is 0.714. The molecule has 0 saturated heterocycles. The van der Waals surface area contributed by atoms with Crippen LogP contribution in [0.25, 0.3) is 0 Å². The van der Waals surface area contributed by atoms with Crippen molar-refractivity contribution in [2.45, 2.75) is 45.8 Å². The molecule has 0 spiro atoms. The van der Waals surface area contributed by atoms with Crippen LogP contribution in [0.5, 0.6) is 0 Å². The van der Waals surface area contributed by atoms with Gasteiger partial charge in [-0.05, 0) is 19.8 Å². The molecular weight excluding hydrogens is 242 g/mol. The monoisotopic (exact) mass is 267 g/mol. The molecule has 1 N–H and O–H groups in total. The van der Waals surface area contributed by atoms with Crippen LogP contribution in [0.4, 0.5) is 5.82 Å². The highest BCUT2D eigenvalue weighted by Crippen LogP contribution is 2.31. The predicted octanol–water partition coefficient (Wildman–Crippen LogP) is 2.72. The van der Waals surface area contributed by atoms with E-state index in [2.05, 4.69) is 29.1 Å². The number of nitrogens with one attached hydrogen (secondary N) is 1. The summed E-state index contributed by atoms with van der Waals surface area (Å²) >= 11 is 0. The maximum absolute atomic E-state index is 5.95. The molecule has 0 aliphatic carbocycles. The van der Waals surface area contributed by atoms with Crippen LogP contribution in [0.15, 0.2) is 6.07 Å². The molecule has 0 amide bonds. The molecule has 0 aromatic carbocycles. The summed E-state index contributed by atoms with van der Waals surface area (Å²) in [6.07, 6.45) is 1.69. The van der Waals surface area contributed by atoms with Gasteiger partial charge in [0.1, 0.15) is 11.4 Å². The van der Waals surface area contributed by atoms with Gasteiger partial charge in [0, 0.05) is 26.8 Å². The summed E-state index contributed by atoms with van der Waals surface area (Å²) < 4.78 is 11.1. The molecule has 0 fully saturated rings. The van der Waals surface area contributed by atoms with E-state index in [9.17, 15) is 0 Å². The summed E-state index contributed by atoms with van der Waals surface area (Å²) in [5.74, 6) is 1.53. The fourth-order valence-electron chi connectivity index (χ4n) is 2.16. The number of hydrogen-bond donors (Lipinski definition) is 1. The van der Waals surface area contributed by atoms with Crippen molar-refractivity contribution in [3.63, 3.8) is 0 Å². The third kappa shape index (κ3) is 3.64. The second-order valence-electron chi connectivity index (χ2n) is 4.39. The second-order valence-corrected chi connectivity index (χ2v) is 4.39. The average Bonchev–Trinajstić information content (AvgIpc) is 2.45. The Morgan fingerprint density at radius 3 is 2.37 bits per heavy atom. The van der Waals surface area contributed by atoms with Crippen LogP contribution < -0.4 is 5.32 Å². The van der Waals surface area contributed by atoms with Crippen molar-refractivity contribution in [1.82, 2.24) is 9.97 Å². The minimum absolute atomic E-state index is 0.413. The minimum atomic E-state index is -0.413. The smallest absolute Gasteiger partial charge is 0.162 e. The van der Waals surface area contributed by atoms with E-state index in [1.165, 1.54) is 0 Å². The Bertz CT molecular complexity index is 392. The predicted molar refractivity (Wildman–Crippen MR) is 76.2 cm³/mol. The maximum Gasteiger partial charge on any atom is 0.162 e. The molecule has 0 unspecified atom stereocenters. The third-order valence-corrected chi connectivity index (χ3v) is 3.30. The van der Waals surface area contributed by atoms with E-state index in [0.29, 0.717) is 13.2 Å². The summed E-state index contributed by atoms with van der Waals surface area (Å²) in [5, 5.41) is 3.07. The largest absolute Gasteiger partial charge is 0.378 e. The SMILES string of the molecule is CCOC(CC)(CC)c1nc(COC)cc(NC)n1. The lowest BCUT2D eigenvalue weighted by atomic mass is 9.95. The first-order valence-electron chi connectivity index (χ1n) is 6.84. The van der Waals surface area contributed by atoms with E-state index in [1.807, 2.05) is 20.0 Å². The summed E-state index contributed by atoms with van der Waals surface area (Å²) in [7, 11) is 3.51. The first kappa shape index (κ1) is 15.9. The van der Waals surface area contributed by atoms with Gasteiger partial charge < -0.3 is 14.8 Å². The molecule has 0 atom stereocenters. The quantitative estimate of drug-likeness (QED) is 0.785. The highest BCUT2D eigenvalue weighted by molar-refractivity contribution is 5.36. The highest BCUT2D eigenvalue weighted by Gasteiger charge is 2.32. The van der Waals surface area contributed by atoms with Crippen LogP contribution in [0, 0.1) is 0 Å². The van der Waals surface area contributed by atoms with Gasteiger partial charge in [0.25, 0.3) is 0 Å². The standard InChI is InChI=1S/C14H25N3O2/c1-6-14(7-2,19-8-3)13-16-11(10-18-5)9-12(15-4)17-13/h9H,6-8,10H2,1-5H3,(H,15,16,17). The van der Waals surface area contributed by atoms with E-state index in [1.54, 1.807) is 7.11 Å². The highest BCUT2D eigenvalue weighted by atomic mass is 16.5. The molecule has 108 valence electrons. The van der Waals surface area contributed by atoms with Gasteiger partial charge in [-0.2, -0.15) is 0 Å². The first-order valence-corrected chi connectivity index (χ1v) is 6.84. The van der Waals surface area contributed by atoms with Gasteiger partial charge >= 0.3 is 0 Å². The molecule has 0 aliphatic heterocycles. The molecule has 5 nitrogen and oxygen atoms in total. The van der Waals surface area contributed by atoms with Gasteiger partial charge in [-0.15, -0.1) is 0 Å². The van der Waals surface area contributed by atoms with Gasteiger partial charge in [-0.3, -0.25) is 0 Å². The lowest BCUT2D eigenvalue weighted by molar-refractivity contribution is -0.0573. The zero-order valence-electron chi connectivity index (χ0n) is 12.6. The first-order chi connectivity index (χ1) is 9.15. The van der Waals surface area contributed by atoms with Gasteiger partial charge in [0.15, 0.2) is 5.82 Å². The summed E-state index contributed by atoms with van der Waals surface area (Å²) in [4.78, 5) is 9.17. The molecule has 1 aromatic heterocycles. The van der Waals surface area contributed by atoms with Gasteiger partial charge in [-0.25, -0.2) is 9.97 Å². The van der Waals surface area contributed by atoms with Crippen molar-refractivity contribution in [2.24, 2.45) is 0 Å². The molecule has 0 saturated carbocycles. The van der Waals surface area contributed by atoms with Crippen LogP contribution in [-0.2, 0) is 21.7 Å². The van der Waals surface area contributed by atoms with E-state index in [-0.39, 0.29) is 0 Å². The summed E-state index contributed by atoms with van der Waals surface area (Å²) in [5.41, 5.74) is 0.451. The number of ether oxygens (including phenoxy) is 2. The van der Waals surface area contributed by atoms with Crippen LogP contribution in [0.3, 0.4) is 0 Å². The van der Waals surface area contributed by atoms with Gasteiger partial charge in [0.2, 0.25) is 0 Å². The fourth-order valence-corrected chi connectivity index (χ4v) is 2.16. The second kappa shape index (κ2) is 7.40. The zero-order chi connectivity index (χ0) is 14.3. The van der Waals surface area contributed by atoms with Crippen molar-refractivity contribution < 1.29 is 9.47 Å². The normalized spacial score (nSPS) is 11.6. The topological polar surface area (TPSA) is 56.3 Å². The molecule has 0 radical (unpaired) electrons. The molecule has 19 heavy (non-hydrogen) atoms. The number of methoxy groups -OCH3 is 1. The van der Waals surface area contributed by atoms with Crippen LogP contribution >= 0.6 is 0 Å². The Morgan fingerprint density at radius 2 is 1.89 bits per heavy atom. The Hall–Kier alpha value is -1.20. The number of hydrogen-bond acceptors (Lipinski definition) is 5. The van der Waals surface area contributed by atoms with E-state index in [4.69, 9.17) is 9.47 Å². The van der Waals surface area contributed by atoms with Gasteiger partial charge in [0.05, 0.1) is 12.3 Å². The Balaban J connectivity index is 3.24. The summed E-state index contributed by atoms with van der Waals surface area (Å²) in [6.45, 7) is 7.32. The van der Waals surface area contributed by atoms with Crippen molar-refractivity contribution in [3.05, 3.63) is 17.6 Å². The Kier molecular flexibility index (Phi) is 6.18. The van der Waals surface area contributed by atoms with E-state index < -0.39 is 5.60 Å². The number of anilines is 1. The molecule has 0 aliphatic rings. The number of rotatable bonds is 8. The molecular formula is C14H25N3O2. The lowest BCUT2D eigenvalue weighted by Gasteiger charge is -2.30. The molecule has 1 rings (SSSR count). The van der Waals surface area contributed by atoms with Crippen molar-refractivity contribution in [2.75, 3.05) is 26.1 Å². The lowest BCUT2D eigenvalue weighted by Crippen LogP contribution is -2.31. The average molecular weight is 267 g/mol. The van der Waals surface area contributed by atoms with Crippen LogP contribution in [-0.4, -0.2) is 30.7 Å². The molecule has 1 heterocycles. The Labute approximate surface area is 115 Å². The number of nitrogens with zero attached hydrogens (tertiary/aromatic N) is 2. The van der Waals surface area contributed by atoms with E-state index >= 15 is 0 Å². The maximum atomic E-state index is 5.95. The van der Waals surface area contributed by atoms with Crippen molar-refractivity contribution in [1.29, 1.82) is 0 Å². The Morgan fingerprint density at radius 1 is 1.21 bits per heavy atom. The number of aromatic nitrogens is 2. The van der Waals surface area contributed by atoms with Crippen LogP contribution in [0.1, 0.15) is 45.1 Å². The van der Waals surface area contributed by atoms with Crippen molar-refractivity contribution in [3.8, 4) is 0 Å². The third-order valence-electron chi connectivity index (χ3n) is 3.30. The molecule has 5 heteroatoms. The summed E-state index contributed by atoms with van der Waals surface area (Å²) in [6, 6.07) is 1.90. The zero-order valence-corrected chi connectivity index (χ0v) is 12.6. The van der Waals surface area contributed by atoms with Crippen LogP contribution in [0.2, 0.25) is 0 Å². The minimum Gasteiger partial charge on any atom is -0.378 e. The van der Waals surface area contributed by atoms with Crippen molar-refractivity contribution >= 4 is 5.82 Å².